The molecule has 0 aromatic carbocycles. The standard InChI is InChI=1S/C14H22N4O2/c1-3-7-15-13-9-16-11(8-17-13)14(19)18-10-5-4-6-12(10)20-2/h8-10,12H,3-7H2,1-2H3,(H,15,17)(H,18,19). The number of hydrogen-bond donors (Lipinski definition) is 2. The first-order chi connectivity index (χ1) is 9.74. The topological polar surface area (TPSA) is 76.1 Å². The Morgan fingerprint density at radius 2 is 2.25 bits per heavy atom. The molecular formula is C14H22N4O2. The van der Waals surface area contributed by atoms with Crippen LogP contribution in [-0.2, 0) is 4.74 Å². The van der Waals surface area contributed by atoms with Crippen LogP contribution in [0.25, 0.3) is 0 Å². The highest BCUT2D eigenvalue weighted by atomic mass is 16.5. The summed E-state index contributed by atoms with van der Waals surface area (Å²) < 4.78 is 5.36. The van der Waals surface area contributed by atoms with Crippen LogP contribution in [0.5, 0.6) is 0 Å². The van der Waals surface area contributed by atoms with E-state index in [4.69, 9.17) is 4.74 Å². The fraction of sp³-hybridized carbons (Fsp3) is 0.643. The van der Waals surface area contributed by atoms with Crippen LogP contribution in [0.15, 0.2) is 12.4 Å². The number of rotatable bonds is 6. The van der Waals surface area contributed by atoms with Crippen LogP contribution in [0.1, 0.15) is 43.1 Å². The zero-order valence-electron chi connectivity index (χ0n) is 12.1. The second kappa shape index (κ2) is 7.19. The van der Waals surface area contributed by atoms with E-state index >= 15 is 0 Å². The van der Waals surface area contributed by atoms with E-state index in [2.05, 4.69) is 27.5 Å². The molecule has 1 aliphatic carbocycles. The molecule has 1 saturated carbocycles. The second-order valence-electron chi connectivity index (χ2n) is 5.00. The van der Waals surface area contributed by atoms with E-state index in [1.807, 2.05) is 0 Å². The number of nitrogens with one attached hydrogen (secondary N) is 2. The van der Waals surface area contributed by atoms with E-state index < -0.39 is 0 Å². The molecule has 20 heavy (non-hydrogen) atoms. The summed E-state index contributed by atoms with van der Waals surface area (Å²) in [6.07, 6.45) is 7.24. The number of amides is 1. The van der Waals surface area contributed by atoms with Crippen molar-refractivity contribution in [2.45, 2.75) is 44.8 Å². The summed E-state index contributed by atoms with van der Waals surface area (Å²) in [4.78, 5) is 20.4. The Bertz CT molecular complexity index is 435. The molecule has 1 fully saturated rings. The molecule has 1 aromatic heterocycles. The van der Waals surface area contributed by atoms with Crippen molar-refractivity contribution in [3.63, 3.8) is 0 Å². The first-order valence-corrected chi connectivity index (χ1v) is 7.14. The van der Waals surface area contributed by atoms with Gasteiger partial charge in [-0.05, 0) is 25.7 Å². The minimum Gasteiger partial charge on any atom is -0.379 e. The third-order valence-electron chi connectivity index (χ3n) is 3.51. The maximum atomic E-state index is 12.1. The lowest BCUT2D eigenvalue weighted by atomic mass is 10.2. The maximum absolute atomic E-state index is 12.1. The van der Waals surface area contributed by atoms with E-state index in [0.29, 0.717) is 11.5 Å². The predicted octanol–water partition coefficient (Wildman–Crippen LogP) is 1.60. The normalized spacial score (nSPS) is 21.7. The molecule has 0 spiro atoms. The summed E-state index contributed by atoms with van der Waals surface area (Å²) in [5.41, 5.74) is 0.341. The van der Waals surface area contributed by atoms with Crippen LogP contribution in [0.2, 0.25) is 0 Å². The molecule has 1 aromatic rings. The molecule has 0 bridgehead atoms. The van der Waals surface area contributed by atoms with Crippen LogP contribution in [0, 0.1) is 0 Å². The zero-order valence-corrected chi connectivity index (χ0v) is 12.1. The third kappa shape index (κ3) is 3.66. The highest BCUT2D eigenvalue weighted by Gasteiger charge is 2.28. The monoisotopic (exact) mass is 278 g/mol. The van der Waals surface area contributed by atoms with E-state index in [-0.39, 0.29) is 18.1 Å². The lowest BCUT2D eigenvalue weighted by molar-refractivity contribution is 0.0719. The quantitative estimate of drug-likeness (QED) is 0.826. The van der Waals surface area contributed by atoms with Crippen molar-refractivity contribution in [1.82, 2.24) is 15.3 Å². The van der Waals surface area contributed by atoms with Crippen molar-refractivity contribution in [3.8, 4) is 0 Å². The van der Waals surface area contributed by atoms with Gasteiger partial charge in [0.2, 0.25) is 0 Å². The summed E-state index contributed by atoms with van der Waals surface area (Å²) in [5, 5.41) is 6.10. The number of hydrogen-bond acceptors (Lipinski definition) is 5. The summed E-state index contributed by atoms with van der Waals surface area (Å²) >= 11 is 0. The number of ether oxygens (including phenoxy) is 1. The summed E-state index contributed by atoms with van der Waals surface area (Å²) in [6.45, 7) is 2.92. The Labute approximate surface area is 119 Å². The van der Waals surface area contributed by atoms with Crippen molar-refractivity contribution in [2.75, 3.05) is 19.0 Å². The molecule has 2 rings (SSSR count). The SMILES string of the molecule is CCCNc1cnc(C(=O)NC2CCCC2OC)cn1. The summed E-state index contributed by atoms with van der Waals surface area (Å²) in [6, 6.07) is 0.0761. The Morgan fingerprint density at radius 1 is 1.40 bits per heavy atom. The molecule has 1 amide bonds. The predicted molar refractivity (Wildman–Crippen MR) is 76.7 cm³/mol. The molecule has 0 aliphatic heterocycles. The second-order valence-corrected chi connectivity index (χ2v) is 5.00. The van der Waals surface area contributed by atoms with Gasteiger partial charge in [0.15, 0.2) is 0 Å². The van der Waals surface area contributed by atoms with Crippen molar-refractivity contribution >= 4 is 11.7 Å². The first kappa shape index (κ1) is 14.7. The average Bonchev–Trinajstić information content (AvgIpc) is 2.92. The van der Waals surface area contributed by atoms with Crippen LogP contribution < -0.4 is 10.6 Å². The highest BCUT2D eigenvalue weighted by Crippen LogP contribution is 2.21. The molecule has 2 N–H and O–H groups in total. The van der Waals surface area contributed by atoms with Crippen molar-refractivity contribution < 1.29 is 9.53 Å². The van der Waals surface area contributed by atoms with E-state index in [1.54, 1.807) is 13.3 Å². The molecule has 2 atom stereocenters. The van der Waals surface area contributed by atoms with Crippen LogP contribution in [-0.4, -0.2) is 41.7 Å². The van der Waals surface area contributed by atoms with Gasteiger partial charge in [0.25, 0.3) is 5.91 Å². The van der Waals surface area contributed by atoms with E-state index in [1.165, 1.54) is 6.20 Å². The first-order valence-electron chi connectivity index (χ1n) is 7.14. The lowest BCUT2D eigenvalue weighted by Gasteiger charge is -2.19. The fourth-order valence-corrected chi connectivity index (χ4v) is 2.41. The molecule has 110 valence electrons. The van der Waals surface area contributed by atoms with Gasteiger partial charge in [0, 0.05) is 13.7 Å². The van der Waals surface area contributed by atoms with Gasteiger partial charge < -0.3 is 15.4 Å². The van der Waals surface area contributed by atoms with Crippen LogP contribution >= 0.6 is 0 Å². The molecule has 1 aliphatic rings. The Morgan fingerprint density at radius 3 is 2.90 bits per heavy atom. The number of carbonyl (C=O) groups is 1. The summed E-state index contributed by atoms with van der Waals surface area (Å²) in [7, 11) is 1.68. The fourth-order valence-electron chi connectivity index (χ4n) is 2.41. The Kier molecular flexibility index (Phi) is 5.29. The average molecular weight is 278 g/mol. The minimum atomic E-state index is -0.187. The minimum absolute atomic E-state index is 0.0761. The molecule has 6 nitrogen and oxygen atoms in total. The largest absolute Gasteiger partial charge is 0.379 e. The zero-order chi connectivity index (χ0) is 14.4. The van der Waals surface area contributed by atoms with Crippen molar-refractivity contribution in [3.05, 3.63) is 18.1 Å². The van der Waals surface area contributed by atoms with Gasteiger partial charge in [-0.2, -0.15) is 0 Å². The number of methoxy groups -OCH3 is 1. The van der Waals surface area contributed by atoms with Gasteiger partial charge in [-0.3, -0.25) is 4.79 Å². The third-order valence-corrected chi connectivity index (χ3v) is 3.51. The van der Waals surface area contributed by atoms with Gasteiger partial charge in [-0.25, -0.2) is 9.97 Å². The molecule has 0 saturated heterocycles. The number of carbonyl (C=O) groups excluding carboxylic acids is 1. The Hall–Kier alpha value is -1.69. The molecule has 6 heteroatoms. The smallest absolute Gasteiger partial charge is 0.271 e. The summed E-state index contributed by atoms with van der Waals surface area (Å²) in [5.74, 6) is 0.507. The van der Waals surface area contributed by atoms with E-state index in [0.717, 1.165) is 32.2 Å². The number of anilines is 1. The van der Waals surface area contributed by atoms with Gasteiger partial charge in [-0.15, -0.1) is 0 Å². The van der Waals surface area contributed by atoms with Crippen LogP contribution in [0.4, 0.5) is 5.82 Å². The van der Waals surface area contributed by atoms with Gasteiger partial charge in [0.1, 0.15) is 11.5 Å². The highest BCUT2D eigenvalue weighted by molar-refractivity contribution is 5.92. The van der Waals surface area contributed by atoms with Gasteiger partial charge in [-0.1, -0.05) is 6.92 Å². The van der Waals surface area contributed by atoms with Crippen LogP contribution in [0.3, 0.4) is 0 Å². The number of aromatic nitrogens is 2. The van der Waals surface area contributed by atoms with Gasteiger partial charge in [0.05, 0.1) is 24.5 Å². The Balaban J connectivity index is 1.92. The van der Waals surface area contributed by atoms with E-state index in [9.17, 15) is 4.79 Å². The molecular weight excluding hydrogens is 256 g/mol. The molecule has 2 unspecified atom stereocenters. The van der Waals surface area contributed by atoms with Crippen molar-refractivity contribution in [1.29, 1.82) is 0 Å². The van der Waals surface area contributed by atoms with Gasteiger partial charge >= 0.3 is 0 Å². The molecule has 0 radical (unpaired) electrons. The molecule has 1 heterocycles. The lowest BCUT2D eigenvalue weighted by Crippen LogP contribution is -2.41. The maximum Gasteiger partial charge on any atom is 0.271 e. The number of nitrogens with zero attached hydrogens (tertiary/aromatic N) is 2. The van der Waals surface area contributed by atoms with Crippen molar-refractivity contribution in [2.24, 2.45) is 0 Å².